The summed E-state index contributed by atoms with van der Waals surface area (Å²) in [6.45, 7) is 0. The minimum absolute atomic E-state index is 0.0311. The second kappa shape index (κ2) is 7.67. The van der Waals surface area contributed by atoms with Gasteiger partial charge in [0.2, 0.25) is 0 Å². The van der Waals surface area contributed by atoms with Crippen LogP contribution < -0.4 is 5.63 Å². The Morgan fingerprint density at radius 3 is 2.70 bits per heavy atom. The van der Waals surface area contributed by atoms with Crippen molar-refractivity contribution in [3.8, 4) is 5.75 Å². The summed E-state index contributed by atoms with van der Waals surface area (Å²) in [5.74, 6) is -0.102. The highest BCUT2D eigenvalue weighted by atomic mass is 35.5. The molecule has 0 aliphatic carbocycles. The summed E-state index contributed by atoms with van der Waals surface area (Å²) in [5, 5.41) is 12.1. The van der Waals surface area contributed by atoms with Crippen LogP contribution >= 0.6 is 23.4 Å². The van der Waals surface area contributed by atoms with Crippen LogP contribution in [-0.2, 0) is 0 Å². The lowest BCUT2D eigenvalue weighted by Gasteiger charge is -2.16. The van der Waals surface area contributed by atoms with E-state index in [1.165, 1.54) is 0 Å². The number of rotatable bonds is 2. The van der Waals surface area contributed by atoms with Gasteiger partial charge in [0.15, 0.2) is 0 Å². The molecule has 0 amide bonds. The van der Waals surface area contributed by atoms with E-state index in [9.17, 15) is 9.90 Å². The molecule has 2 heterocycles. The fourth-order valence-corrected chi connectivity index (χ4v) is 5.07. The minimum Gasteiger partial charge on any atom is -0.506 e. The fourth-order valence-electron chi connectivity index (χ4n) is 3.65. The van der Waals surface area contributed by atoms with E-state index in [0.717, 1.165) is 16.1 Å². The molecule has 4 nitrogen and oxygen atoms in total. The van der Waals surface area contributed by atoms with Crippen LogP contribution in [0.25, 0.3) is 11.0 Å². The number of benzene rings is 3. The van der Waals surface area contributed by atoms with Crippen molar-refractivity contribution < 1.29 is 9.52 Å². The maximum absolute atomic E-state index is 12.8. The van der Waals surface area contributed by atoms with Gasteiger partial charge in [-0.05, 0) is 42.0 Å². The van der Waals surface area contributed by atoms with Crippen molar-refractivity contribution in [3.63, 3.8) is 0 Å². The van der Waals surface area contributed by atoms with E-state index in [1.54, 1.807) is 36.0 Å². The van der Waals surface area contributed by atoms with Gasteiger partial charge in [0.05, 0.1) is 16.8 Å². The summed E-state index contributed by atoms with van der Waals surface area (Å²) >= 11 is 7.90. The van der Waals surface area contributed by atoms with Crippen molar-refractivity contribution in [2.75, 3.05) is 0 Å². The summed E-state index contributed by atoms with van der Waals surface area (Å²) in [6, 6.07) is 22.4. The van der Waals surface area contributed by atoms with Gasteiger partial charge in [-0.15, -0.1) is 11.8 Å². The van der Waals surface area contributed by atoms with E-state index >= 15 is 0 Å². The number of thioether (sulfide) groups is 1. The Balaban J connectivity index is 1.72. The van der Waals surface area contributed by atoms with Gasteiger partial charge < -0.3 is 9.52 Å². The number of halogens is 1. The lowest BCUT2D eigenvalue weighted by molar-refractivity contribution is 0.466. The first-order valence-corrected chi connectivity index (χ1v) is 10.7. The van der Waals surface area contributed by atoms with Crippen molar-refractivity contribution in [2.24, 2.45) is 4.99 Å². The first-order chi connectivity index (χ1) is 14.6. The number of aromatic hydroxyl groups is 1. The van der Waals surface area contributed by atoms with Crippen molar-refractivity contribution in [1.82, 2.24) is 0 Å². The van der Waals surface area contributed by atoms with E-state index in [1.807, 2.05) is 48.5 Å². The largest absolute Gasteiger partial charge is 0.506 e. The average Bonchev–Trinajstić information content (AvgIpc) is 2.93. The lowest BCUT2D eigenvalue weighted by atomic mass is 10.0. The Kier molecular flexibility index (Phi) is 4.85. The van der Waals surface area contributed by atoms with Crippen LogP contribution in [0.1, 0.15) is 22.8 Å². The van der Waals surface area contributed by atoms with E-state index in [4.69, 9.17) is 21.0 Å². The van der Waals surface area contributed by atoms with Crippen molar-refractivity contribution in [1.29, 1.82) is 0 Å². The Morgan fingerprint density at radius 1 is 1.03 bits per heavy atom. The van der Waals surface area contributed by atoms with Crippen molar-refractivity contribution in [3.05, 3.63) is 99.4 Å². The normalized spacial score (nSPS) is 16.0. The Morgan fingerprint density at radius 2 is 1.83 bits per heavy atom. The number of para-hydroxylation sites is 2. The predicted molar refractivity (Wildman–Crippen MR) is 121 cm³/mol. The van der Waals surface area contributed by atoms with Gasteiger partial charge in [-0.3, -0.25) is 4.99 Å². The molecular formula is C24H16ClNO3S. The Labute approximate surface area is 181 Å². The molecule has 1 aliphatic rings. The molecule has 4 aromatic rings. The monoisotopic (exact) mass is 433 g/mol. The molecule has 0 saturated carbocycles. The first kappa shape index (κ1) is 19.0. The first-order valence-electron chi connectivity index (χ1n) is 9.44. The van der Waals surface area contributed by atoms with Crippen LogP contribution in [0.5, 0.6) is 5.75 Å². The van der Waals surface area contributed by atoms with Gasteiger partial charge in [-0.25, -0.2) is 4.79 Å². The number of hydrogen-bond acceptors (Lipinski definition) is 5. The van der Waals surface area contributed by atoms with Crippen LogP contribution in [0.2, 0.25) is 5.02 Å². The summed E-state index contributed by atoms with van der Waals surface area (Å²) in [6.07, 6.45) is 0.441. The molecule has 148 valence electrons. The van der Waals surface area contributed by atoms with Crippen LogP contribution in [0.15, 0.2) is 91.9 Å². The second-order valence-electron chi connectivity index (χ2n) is 7.00. The SMILES string of the molecule is O=c1oc2ccccc2c(O)c1C1=Nc2ccccc2SC(c2cccc(Cl)c2)C1. The van der Waals surface area contributed by atoms with E-state index in [0.29, 0.717) is 28.1 Å². The van der Waals surface area contributed by atoms with Gasteiger partial charge in [0, 0.05) is 21.6 Å². The standard InChI is InChI=1S/C24H16ClNO3S/c25-15-7-5-6-14(12-15)21-13-18(26-17-9-2-4-11-20(17)30-21)22-23(27)16-8-1-3-10-19(16)29-24(22)28/h1-12,21,27H,13H2. The molecule has 0 fully saturated rings. The van der Waals surface area contributed by atoms with Crippen molar-refractivity contribution >= 4 is 45.7 Å². The van der Waals surface area contributed by atoms with Crippen molar-refractivity contribution in [2.45, 2.75) is 16.6 Å². The summed E-state index contributed by atoms with van der Waals surface area (Å²) in [4.78, 5) is 18.6. The van der Waals surface area contributed by atoms with Crippen LogP contribution in [0.3, 0.4) is 0 Å². The quantitative estimate of drug-likeness (QED) is 0.366. The Bertz CT molecular complexity index is 1360. The number of nitrogens with zero attached hydrogens (tertiary/aromatic N) is 1. The van der Waals surface area contributed by atoms with Crippen LogP contribution in [0.4, 0.5) is 5.69 Å². The zero-order chi connectivity index (χ0) is 20.7. The van der Waals surface area contributed by atoms with Crippen LogP contribution in [-0.4, -0.2) is 10.8 Å². The number of fused-ring (bicyclic) bond motifs is 2. The van der Waals surface area contributed by atoms with Gasteiger partial charge in [-0.2, -0.15) is 0 Å². The predicted octanol–water partition coefficient (Wildman–Crippen LogP) is 6.51. The fraction of sp³-hybridized carbons (Fsp3) is 0.0833. The molecular weight excluding hydrogens is 418 g/mol. The summed E-state index contributed by atoms with van der Waals surface area (Å²) < 4.78 is 5.49. The molecule has 1 unspecified atom stereocenters. The maximum atomic E-state index is 12.8. The zero-order valence-corrected chi connectivity index (χ0v) is 17.3. The molecule has 0 bridgehead atoms. The minimum atomic E-state index is -0.598. The van der Waals surface area contributed by atoms with E-state index in [2.05, 4.69) is 0 Å². The molecule has 5 rings (SSSR count). The lowest BCUT2D eigenvalue weighted by Crippen LogP contribution is -2.16. The zero-order valence-electron chi connectivity index (χ0n) is 15.7. The van der Waals surface area contributed by atoms with Crippen LogP contribution in [0, 0.1) is 0 Å². The second-order valence-corrected chi connectivity index (χ2v) is 8.68. The molecule has 1 aliphatic heterocycles. The molecule has 0 saturated heterocycles. The molecule has 3 aromatic carbocycles. The van der Waals surface area contributed by atoms with E-state index in [-0.39, 0.29) is 16.6 Å². The number of aliphatic imine (C=N–C) groups is 1. The molecule has 1 atom stereocenters. The van der Waals surface area contributed by atoms with Gasteiger partial charge in [-0.1, -0.05) is 48.0 Å². The van der Waals surface area contributed by atoms with Gasteiger partial charge in [0.1, 0.15) is 16.9 Å². The highest BCUT2D eigenvalue weighted by Crippen LogP contribution is 2.46. The molecule has 0 spiro atoms. The highest BCUT2D eigenvalue weighted by molar-refractivity contribution is 7.99. The van der Waals surface area contributed by atoms with Gasteiger partial charge in [0.25, 0.3) is 0 Å². The van der Waals surface area contributed by atoms with Gasteiger partial charge >= 0.3 is 5.63 Å². The third-order valence-electron chi connectivity index (χ3n) is 5.06. The average molecular weight is 434 g/mol. The molecule has 30 heavy (non-hydrogen) atoms. The summed E-state index contributed by atoms with van der Waals surface area (Å²) in [5.41, 5.74) is 2.14. The topological polar surface area (TPSA) is 62.8 Å². The molecule has 1 aromatic heterocycles. The Hall–Kier alpha value is -3.02. The third-order valence-corrected chi connectivity index (χ3v) is 6.62. The van der Waals surface area contributed by atoms with E-state index < -0.39 is 5.63 Å². The number of hydrogen-bond donors (Lipinski definition) is 1. The maximum Gasteiger partial charge on any atom is 0.349 e. The third kappa shape index (κ3) is 3.40. The highest BCUT2D eigenvalue weighted by Gasteiger charge is 2.27. The summed E-state index contributed by atoms with van der Waals surface area (Å²) in [7, 11) is 0. The molecule has 6 heteroatoms. The molecule has 0 radical (unpaired) electrons. The molecule has 1 N–H and O–H groups in total. The smallest absolute Gasteiger partial charge is 0.349 e.